The van der Waals surface area contributed by atoms with Gasteiger partial charge in [0.1, 0.15) is 0 Å². The average molecular weight is 218 g/mol. The zero-order valence-electron chi connectivity index (χ0n) is 9.93. The van der Waals surface area contributed by atoms with Crippen LogP contribution in [0.3, 0.4) is 0 Å². The van der Waals surface area contributed by atoms with Crippen molar-refractivity contribution in [2.24, 2.45) is 5.73 Å². The summed E-state index contributed by atoms with van der Waals surface area (Å²) in [5.74, 6) is -1.98. The van der Waals surface area contributed by atoms with Gasteiger partial charge in [-0.2, -0.15) is 0 Å². The largest absolute Gasteiger partial charge is 0.385 e. The van der Waals surface area contributed by atoms with Crippen LogP contribution in [0.25, 0.3) is 0 Å². The molecule has 0 aromatic rings. The monoisotopic (exact) mass is 218 g/mol. The number of aliphatic hydroxyl groups is 1. The molecule has 4 N–H and O–H groups in total. The molecule has 4 nitrogen and oxygen atoms in total. The second kappa shape index (κ2) is 3.64. The Labute approximate surface area is 87.1 Å². The van der Waals surface area contributed by atoms with Crippen molar-refractivity contribution in [2.45, 2.75) is 51.6 Å². The van der Waals surface area contributed by atoms with Gasteiger partial charge in [-0.1, -0.05) is 20.8 Å². The summed E-state index contributed by atoms with van der Waals surface area (Å²) in [6.45, 7) is 11.6. The van der Waals surface area contributed by atoms with E-state index >= 15 is 0 Å². The highest BCUT2D eigenvalue weighted by Crippen LogP contribution is 2.38. The fourth-order valence-electron chi connectivity index (χ4n) is 0.705. The first kappa shape index (κ1) is 13.6. The van der Waals surface area contributed by atoms with Gasteiger partial charge in [-0.3, -0.25) is 5.41 Å². The van der Waals surface area contributed by atoms with Gasteiger partial charge in [0.2, 0.25) is 5.79 Å². The van der Waals surface area contributed by atoms with E-state index in [0.717, 1.165) is 0 Å². The van der Waals surface area contributed by atoms with E-state index in [1.165, 1.54) is 6.92 Å². The average Bonchev–Trinajstić information content (AvgIpc) is 1.80. The van der Waals surface area contributed by atoms with Crippen LogP contribution in [0.4, 0.5) is 0 Å². The Kier molecular flexibility index (Phi) is 3.54. The number of hydrogen-bond donors (Lipinski definition) is 3. The summed E-state index contributed by atoms with van der Waals surface area (Å²) in [6.07, 6.45) is 0. The maximum absolute atomic E-state index is 9.75. The zero-order chi connectivity index (χ0) is 11.8. The lowest BCUT2D eigenvalue weighted by Crippen LogP contribution is -2.54. The number of hydrogen-bond acceptors (Lipinski definition) is 3. The highest BCUT2D eigenvalue weighted by molar-refractivity contribution is 6.74. The molecule has 0 spiro atoms. The lowest BCUT2D eigenvalue weighted by molar-refractivity contribution is -0.0710. The number of nitrogens with two attached hydrogens (primary N) is 1. The summed E-state index contributed by atoms with van der Waals surface area (Å²) >= 11 is 0. The van der Waals surface area contributed by atoms with Crippen LogP contribution in [0.2, 0.25) is 18.1 Å². The van der Waals surface area contributed by atoms with Crippen molar-refractivity contribution in [2.75, 3.05) is 0 Å². The van der Waals surface area contributed by atoms with Gasteiger partial charge in [0.25, 0.3) is 0 Å². The molecular weight excluding hydrogens is 196 g/mol. The maximum atomic E-state index is 9.75. The molecule has 0 aromatic carbocycles. The first-order valence-electron chi connectivity index (χ1n) is 4.67. The number of nitrogens with one attached hydrogen (secondary N) is 1. The Balaban J connectivity index is 4.76. The van der Waals surface area contributed by atoms with Gasteiger partial charge in [-0.05, 0) is 25.1 Å². The topological polar surface area (TPSA) is 79.3 Å². The second-order valence-electron chi connectivity index (χ2n) is 5.26. The van der Waals surface area contributed by atoms with Crippen molar-refractivity contribution in [1.82, 2.24) is 0 Å². The molecule has 1 unspecified atom stereocenters. The van der Waals surface area contributed by atoms with Crippen LogP contribution in [-0.2, 0) is 4.43 Å². The molecule has 1 atom stereocenters. The Morgan fingerprint density at radius 1 is 1.29 bits per heavy atom. The molecule has 0 aliphatic rings. The van der Waals surface area contributed by atoms with Crippen molar-refractivity contribution in [3.63, 3.8) is 0 Å². The van der Waals surface area contributed by atoms with Crippen LogP contribution in [0.1, 0.15) is 27.7 Å². The van der Waals surface area contributed by atoms with Crippen molar-refractivity contribution in [1.29, 1.82) is 5.41 Å². The van der Waals surface area contributed by atoms with Gasteiger partial charge in [0, 0.05) is 0 Å². The Morgan fingerprint density at radius 3 is 1.86 bits per heavy atom. The van der Waals surface area contributed by atoms with Crippen molar-refractivity contribution in [3.05, 3.63) is 0 Å². The van der Waals surface area contributed by atoms with Crippen molar-refractivity contribution >= 4 is 14.2 Å². The number of rotatable bonds is 3. The quantitative estimate of drug-likeness (QED) is 0.292. The minimum atomic E-state index is -2.07. The van der Waals surface area contributed by atoms with Gasteiger partial charge < -0.3 is 15.3 Å². The van der Waals surface area contributed by atoms with E-state index in [9.17, 15) is 5.11 Å². The van der Waals surface area contributed by atoms with Crippen molar-refractivity contribution in [3.8, 4) is 0 Å². The first-order valence-corrected chi connectivity index (χ1v) is 7.58. The molecule has 0 aliphatic heterocycles. The minimum Gasteiger partial charge on any atom is -0.385 e. The molecule has 0 fully saturated rings. The third-order valence-electron chi connectivity index (χ3n) is 2.76. The van der Waals surface area contributed by atoms with E-state index in [2.05, 4.69) is 20.8 Å². The predicted octanol–water partition coefficient (Wildman–Crippen LogP) is 1.65. The van der Waals surface area contributed by atoms with Crippen LogP contribution in [0.5, 0.6) is 0 Å². The summed E-state index contributed by atoms with van der Waals surface area (Å²) in [5, 5.41) is 17.0. The minimum absolute atomic E-state index is 0.00750. The first-order chi connectivity index (χ1) is 5.90. The lowest BCUT2D eigenvalue weighted by atomic mass is 10.2. The summed E-state index contributed by atoms with van der Waals surface area (Å²) in [5.41, 5.74) is 5.25. The number of amidine groups is 1. The normalized spacial score (nSPS) is 17.6. The molecule has 0 radical (unpaired) electrons. The molecule has 0 amide bonds. The van der Waals surface area contributed by atoms with Crippen LogP contribution in [0, 0.1) is 5.41 Å². The van der Waals surface area contributed by atoms with Crippen LogP contribution < -0.4 is 5.73 Å². The molecular formula is C9H22N2O2Si. The molecule has 0 bridgehead atoms. The van der Waals surface area contributed by atoms with Gasteiger partial charge in [0.15, 0.2) is 14.2 Å². The van der Waals surface area contributed by atoms with E-state index in [0.29, 0.717) is 0 Å². The highest BCUT2D eigenvalue weighted by atomic mass is 28.4. The van der Waals surface area contributed by atoms with Gasteiger partial charge in [-0.15, -0.1) is 0 Å². The summed E-state index contributed by atoms with van der Waals surface area (Å²) in [6, 6.07) is 0. The van der Waals surface area contributed by atoms with E-state index in [1.807, 2.05) is 13.1 Å². The van der Waals surface area contributed by atoms with E-state index in [-0.39, 0.29) is 10.9 Å². The standard InChI is InChI=1S/C9H22N2O2Si/c1-8(2,3)14(5,6)13-9(4,12)7(10)11/h12H,1-6H3,(H3,10,11). The van der Waals surface area contributed by atoms with E-state index in [4.69, 9.17) is 15.6 Å². The fourth-order valence-corrected chi connectivity index (χ4v) is 2.11. The predicted molar refractivity (Wildman–Crippen MR) is 60.8 cm³/mol. The lowest BCUT2D eigenvalue weighted by Gasteiger charge is -2.41. The molecule has 0 heterocycles. The molecule has 0 rings (SSSR count). The summed E-state index contributed by atoms with van der Waals surface area (Å²) < 4.78 is 5.60. The molecule has 0 aliphatic carbocycles. The molecule has 5 heteroatoms. The second-order valence-corrected chi connectivity index (χ2v) is 9.98. The fraction of sp³-hybridized carbons (Fsp3) is 0.889. The van der Waals surface area contributed by atoms with Crippen LogP contribution in [0.15, 0.2) is 0 Å². The van der Waals surface area contributed by atoms with Crippen LogP contribution >= 0.6 is 0 Å². The molecule has 0 saturated heterocycles. The Morgan fingerprint density at radius 2 is 1.64 bits per heavy atom. The molecule has 0 aromatic heterocycles. The molecule has 0 saturated carbocycles. The summed E-state index contributed by atoms with van der Waals surface area (Å²) in [4.78, 5) is 0. The van der Waals surface area contributed by atoms with Gasteiger partial charge >= 0.3 is 0 Å². The smallest absolute Gasteiger partial charge is 0.212 e. The summed E-state index contributed by atoms with van der Waals surface area (Å²) in [7, 11) is -2.07. The maximum Gasteiger partial charge on any atom is 0.212 e. The van der Waals surface area contributed by atoms with Crippen molar-refractivity contribution < 1.29 is 9.53 Å². The zero-order valence-corrected chi connectivity index (χ0v) is 10.9. The third-order valence-corrected chi connectivity index (χ3v) is 7.28. The van der Waals surface area contributed by atoms with Crippen LogP contribution in [-0.4, -0.2) is 25.0 Å². The third kappa shape index (κ3) is 3.08. The van der Waals surface area contributed by atoms with Gasteiger partial charge in [-0.25, -0.2) is 0 Å². The molecule has 14 heavy (non-hydrogen) atoms. The van der Waals surface area contributed by atoms with E-state index < -0.39 is 14.1 Å². The highest BCUT2D eigenvalue weighted by Gasteiger charge is 2.43. The van der Waals surface area contributed by atoms with E-state index in [1.54, 1.807) is 0 Å². The van der Waals surface area contributed by atoms with Gasteiger partial charge in [0.05, 0.1) is 0 Å². The molecule has 84 valence electrons. The Bertz CT molecular complexity index is 231. The Hall–Kier alpha value is -0.393. The SMILES string of the molecule is CC(O)(O[Si](C)(C)C(C)(C)C)C(=N)N.